The molecule has 0 aliphatic rings. The first-order chi connectivity index (χ1) is 10.1. The minimum absolute atomic E-state index is 0.280. The molecule has 0 saturated heterocycles. The Balaban J connectivity index is 1.73. The van der Waals surface area contributed by atoms with Crippen LogP contribution < -0.4 is 5.32 Å². The van der Waals surface area contributed by atoms with Gasteiger partial charge in [0.15, 0.2) is 5.22 Å². The number of nitrogens with one attached hydrogen (secondary N) is 1. The highest BCUT2D eigenvalue weighted by atomic mass is 35.5. The monoisotopic (exact) mass is 307 g/mol. The maximum absolute atomic E-state index is 13.5. The Hall–Kier alpha value is -1.91. The van der Waals surface area contributed by atoms with E-state index in [0.717, 1.165) is 17.0 Å². The van der Waals surface area contributed by atoms with Crippen molar-refractivity contribution in [1.82, 2.24) is 5.32 Å². The molecule has 21 heavy (non-hydrogen) atoms. The molecular weight excluding hydrogens is 296 g/mol. The van der Waals surface area contributed by atoms with Crippen LogP contribution >= 0.6 is 11.6 Å². The van der Waals surface area contributed by atoms with Gasteiger partial charge in [0.05, 0.1) is 0 Å². The molecule has 1 heterocycles. The van der Waals surface area contributed by atoms with Crippen molar-refractivity contribution in [2.45, 2.75) is 13.1 Å². The van der Waals surface area contributed by atoms with Crippen LogP contribution in [0, 0.1) is 11.6 Å². The van der Waals surface area contributed by atoms with Gasteiger partial charge in [-0.2, -0.15) is 0 Å². The predicted molar refractivity (Wildman–Crippen MR) is 78.1 cm³/mol. The van der Waals surface area contributed by atoms with Gasteiger partial charge in [-0.25, -0.2) is 8.78 Å². The Morgan fingerprint density at radius 2 is 1.86 bits per heavy atom. The lowest BCUT2D eigenvalue weighted by Crippen LogP contribution is -2.13. The molecule has 2 nitrogen and oxygen atoms in total. The number of benzene rings is 2. The first-order valence-corrected chi connectivity index (χ1v) is 6.83. The average Bonchev–Trinajstić information content (AvgIpc) is 2.77. The number of para-hydroxylation sites is 1. The third-order valence-corrected chi connectivity index (χ3v) is 3.59. The highest BCUT2D eigenvalue weighted by Gasteiger charge is 2.12. The van der Waals surface area contributed by atoms with Crippen molar-refractivity contribution in [3.63, 3.8) is 0 Å². The Morgan fingerprint density at radius 3 is 2.67 bits per heavy atom. The van der Waals surface area contributed by atoms with E-state index in [-0.39, 0.29) is 6.54 Å². The van der Waals surface area contributed by atoms with Crippen molar-refractivity contribution in [2.24, 2.45) is 0 Å². The van der Waals surface area contributed by atoms with Gasteiger partial charge in [-0.15, -0.1) is 0 Å². The molecule has 0 unspecified atom stereocenters. The quantitative estimate of drug-likeness (QED) is 0.758. The lowest BCUT2D eigenvalue weighted by atomic mass is 10.1. The molecule has 3 aromatic rings. The fourth-order valence-electron chi connectivity index (χ4n) is 2.22. The molecule has 0 spiro atoms. The summed E-state index contributed by atoms with van der Waals surface area (Å²) < 4.78 is 31.8. The molecule has 1 aromatic heterocycles. The van der Waals surface area contributed by atoms with Gasteiger partial charge in [-0.1, -0.05) is 24.3 Å². The zero-order valence-electron chi connectivity index (χ0n) is 11.0. The molecule has 0 amide bonds. The summed E-state index contributed by atoms with van der Waals surface area (Å²) in [4.78, 5) is 0. The summed E-state index contributed by atoms with van der Waals surface area (Å²) in [5, 5.41) is 4.34. The van der Waals surface area contributed by atoms with Crippen LogP contribution in [0.4, 0.5) is 8.78 Å². The van der Waals surface area contributed by atoms with Gasteiger partial charge in [0.1, 0.15) is 17.2 Å². The van der Waals surface area contributed by atoms with Crippen molar-refractivity contribution in [3.8, 4) is 0 Å². The van der Waals surface area contributed by atoms with E-state index in [2.05, 4.69) is 5.32 Å². The molecule has 0 fully saturated rings. The van der Waals surface area contributed by atoms with E-state index < -0.39 is 11.6 Å². The molecule has 0 aliphatic heterocycles. The molecule has 5 heteroatoms. The summed E-state index contributed by atoms with van der Waals surface area (Å²) in [6.07, 6.45) is 0. The number of hydrogen-bond acceptors (Lipinski definition) is 2. The van der Waals surface area contributed by atoms with Gasteiger partial charge < -0.3 is 9.73 Å². The zero-order valence-corrected chi connectivity index (χ0v) is 11.8. The number of fused-ring (bicyclic) bond motifs is 1. The van der Waals surface area contributed by atoms with E-state index in [4.69, 9.17) is 16.0 Å². The van der Waals surface area contributed by atoms with Gasteiger partial charge >= 0.3 is 0 Å². The standard InChI is InChI=1S/C16H12ClF2NO/c17-16-13(12-3-1-2-4-15(12)21-16)9-20-8-10-5-6-11(18)7-14(10)19/h1-7,20H,8-9H2. The summed E-state index contributed by atoms with van der Waals surface area (Å²) >= 11 is 6.07. The van der Waals surface area contributed by atoms with Crippen LogP contribution in [0.15, 0.2) is 46.9 Å². The first-order valence-electron chi connectivity index (χ1n) is 6.45. The van der Waals surface area contributed by atoms with Crippen LogP contribution in [0.2, 0.25) is 5.22 Å². The number of hydrogen-bond donors (Lipinski definition) is 1. The summed E-state index contributed by atoms with van der Waals surface area (Å²) in [5.41, 5.74) is 1.95. The van der Waals surface area contributed by atoms with Crippen molar-refractivity contribution in [3.05, 3.63) is 70.4 Å². The molecule has 0 radical (unpaired) electrons. The van der Waals surface area contributed by atoms with Gasteiger partial charge in [0.2, 0.25) is 0 Å². The van der Waals surface area contributed by atoms with Crippen molar-refractivity contribution < 1.29 is 13.2 Å². The van der Waals surface area contributed by atoms with E-state index in [9.17, 15) is 8.78 Å². The van der Waals surface area contributed by atoms with Gasteiger partial charge in [0.25, 0.3) is 0 Å². The van der Waals surface area contributed by atoms with Gasteiger partial charge in [-0.3, -0.25) is 0 Å². The minimum Gasteiger partial charge on any atom is -0.444 e. The van der Waals surface area contributed by atoms with Crippen LogP contribution in [0.5, 0.6) is 0 Å². The zero-order chi connectivity index (χ0) is 14.8. The number of halogens is 3. The first kappa shape index (κ1) is 14.0. The Labute approximate surface area is 125 Å². The second-order valence-corrected chi connectivity index (χ2v) is 5.03. The van der Waals surface area contributed by atoms with E-state index in [1.54, 1.807) is 0 Å². The topological polar surface area (TPSA) is 25.2 Å². The SMILES string of the molecule is Fc1ccc(CNCc2c(Cl)oc3ccccc23)c(F)c1. The Kier molecular flexibility index (Phi) is 3.90. The van der Waals surface area contributed by atoms with E-state index in [1.807, 2.05) is 24.3 Å². The van der Waals surface area contributed by atoms with Crippen molar-refractivity contribution in [2.75, 3.05) is 0 Å². The van der Waals surface area contributed by atoms with Gasteiger partial charge in [0, 0.05) is 35.7 Å². The fraction of sp³-hybridized carbons (Fsp3) is 0.125. The number of furan rings is 1. The molecule has 0 saturated carbocycles. The van der Waals surface area contributed by atoms with Crippen LogP contribution in [0.25, 0.3) is 11.0 Å². The molecule has 0 aliphatic carbocycles. The Morgan fingerprint density at radius 1 is 1.05 bits per heavy atom. The lowest BCUT2D eigenvalue weighted by molar-refractivity contribution is 0.558. The van der Waals surface area contributed by atoms with Gasteiger partial charge in [-0.05, 0) is 23.7 Å². The average molecular weight is 308 g/mol. The summed E-state index contributed by atoms with van der Waals surface area (Å²) in [7, 11) is 0. The highest BCUT2D eigenvalue weighted by Crippen LogP contribution is 2.29. The van der Waals surface area contributed by atoms with E-state index >= 15 is 0 Å². The summed E-state index contributed by atoms with van der Waals surface area (Å²) in [6, 6.07) is 11.1. The Bertz CT molecular complexity index is 785. The minimum atomic E-state index is -0.583. The maximum Gasteiger partial charge on any atom is 0.199 e. The second-order valence-electron chi connectivity index (χ2n) is 4.69. The lowest BCUT2D eigenvalue weighted by Gasteiger charge is -2.05. The van der Waals surface area contributed by atoms with Crippen LogP contribution in [-0.4, -0.2) is 0 Å². The molecule has 0 atom stereocenters. The molecule has 108 valence electrons. The van der Waals surface area contributed by atoms with Crippen LogP contribution in [-0.2, 0) is 13.1 Å². The van der Waals surface area contributed by atoms with Crippen LogP contribution in [0.1, 0.15) is 11.1 Å². The molecule has 0 bridgehead atoms. The molecular formula is C16H12ClF2NO. The third kappa shape index (κ3) is 2.91. The largest absolute Gasteiger partial charge is 0.444 e. The summed E-state index contributed by atoms with van der Waals surface area (Å²) in [5.74, 6) is -1.15. The third-order valence-electron chi connectivity index (χ3n) is 3.28. The van der Waals surface area contributed by atoms with Crippen molar-refractivity contribution in [1.29, 1.82) is 0 Å². The smallest absolute Gasteiger partial charge is 0.199 e. The number of rotatable bonds is 4. The second kappa shape index (κ2) is 5.84. The van der Waals surface area contributed by atoms with E-state index in [1.165, 1.54) is 12.1 Å². The molecule has 1 N–H and O–H groups in total. The fourth-order valence-corrected chi connectivity index (χ4v) is 2.47. The molecule has 3 rings (SSSR count). The molecule has 2 aromatic carbocycles. The maximum atomic E-state index is 13.5. The van der Waals surface area contributed by atoms with Crippen molar-refractivity contribution >= 4 is 22.6 Å². The highest BCUT2D eigenvalue weighted by molar-refractivity contribution is 6.30. The van der Waals surface area contributed by atoms with Crippen LogP contribution in [0.3, 0.4) is 0 Å². The van der Waals surface area contributed by atoms with E-state index in [0.29, 0.717) is 22.9 Å². The summed E-state index contributed by atoms with van der Waals surface area (Å²) in [6.45, 7) is 0.717. The normalized spacial score (nSPS) is 11.2. The predicted octanol–water partition coefficient (Wildman–Crippen LogP) is 4.65.